The van der Waals surface area contributed by atoms with Gasteiger partial charge < -0.3 is 9.84 Å². The molecule has 0 unspecified atom stereocenters. The molecule has 0 atom stereocenters. The predicted molar refractivity (Wildman–Crippen MR) is 99.1 cm³/mol. The minimum absolute atomic E-state index is 0.120. The minimum atomic E-state index is -0.414. The van der Waals surface area contributed by atoms with Crippen molar-refractivity contribution in [2.24, 2.45) is 0 Å². The molecule has 3 aromatic rings. The van der Waals surface area contributed by atoms with Crippen LogP contribution in [0.25, 0.3) is 11.1 Å². The topological polar surface area (TPSA) is 46.5 Å². The molecular weight excluding hydrogens is 359 g/mol. The van der Waals surface area contributed by atoms with Crippen molar-refractivity contribution >= 4 is 29.2 Å². The van der Waals surface area contributed by atoms with E-state index >= 15 is 0 Å². The number of esters is 1. The van der Waals surface area contributed by atoms with Crippen molar-refractivity contribution in [3.63, 3.8) is 0 Å². The molecule has 0 heterocycles. The molecule has 0 fully saturated rings. The molecule has 25 heavy (non-hydrogen) atoms. The molecule has 126 valence electrons. The van der Waals surface area contributed by atoms with Crippen molar-refractivity contribution in [2.45, 2.75) is 6.61 Å². The summed E-state index contributed by atoms with van der Waals surface area (Å²) in [4.78, 5) is 12.1. The molecule has 0 aromatic heterocycles. The van der Waals surface area contributed by atoms with Gasteiger partial charge in [0.05, 0.1) is 15.6 Å². The average Bonchev–Trinajstić information content (AvgIpc) is 2.63. The smallest absolute Gasteiger partial charge is 0.338 e. The van der Waals surface area contributed by atoms with Gasteiger partial charge >= 0.3 is 5.97 Å². The van der Waals surface area contributed by atoms with Crippen molar-refractivity contribution in [2.75, 3.05) is 0 Å². The fourth-order valence-corrected chi connectivity index (χ4v) is 2.63. The molecule has 0 saturated heterocycles. The summed E-state index contributed by atoms with van der Waals surface area (Å²) >= 11 is 11.8. The van der Waals surface area contributed by atoms with Crippen LogP contribution < -0.4 is 0 Å². The number of rotatable bonds is 4. The Hall–Kier alpha value is -2.49. The first-order valence-electron chi connectivity index (χ1n) is 7.53. The number of phenolic OH excluding ortho intramolecular Hbond substituents is 1. The number of phenols is 1. The molecule has 0 radical (unpaired) electrons. The van der Waals surface area contributed by atoms with Gasteiger partial charge in [-0.25, -0.2) is 4.79 Å². The average molecular weight is 373 g/mol. The number of aromatic hydroxyl groups is 1. The van der Waals surface area contributed by atoms with Gasteiger partial charge in [0, 0.05) is 0 Å². The maximum absolute atomic E-state index is 12.1. The number of carbonyl (C=O) groups excluding carboxylic acids is 1. The quantitative estimate of drug-likeness (QED) is 0.595. The zero-order valence-corrected chi connectivity index (χ0v) is 14.6. The zero-order valence-electron chi connectivity index (χ0n) is 13.1. The molecule has 3 rings (SSSR count). The van der Waals surface area contributed by atoms with Crippen molar-refractivity contribution in [1.82, 2.24) is 0 Å². The van der Waals surface area contributed by atoms with E-state index in [1.54, 1.807) is 42.5 Å². The van der Waals surface area contributed by atoms with Crippen LogP contribution in [0.4, 0.5) is 0 Å². The van der Waals surface area contributed by atoms with E-state index in [1.807, 2.05) is 24.3 Å². The Bertz CT molecular complexity index is 888. The van der Waals surface area contributed by atoms with Crippen LogP contribution in [0.15, 0.2) is 66.7 Å². The van der Waals surface area contributed by atoms with Gasteiger partial charge in [-0.15, -0.1) is 0 Å². The molecule has 5 heteroatoms. The molecule has 0 bridgehead atoms. The van der Waals surface area contributed by atoms with E-state index in [1.165, 1.54) is 0 Å². The van der Waals surface area contributed by atoms with Gasteiger partial charge in [0.25, 0.3) is 0 Å². The molecule has 0 saturated carbocycles. The number of halogens is 2. The fraction of sp³-hybridized carbons (Fsp3) is 0.0500. The van der Waals surface area contributed by atoms with Crippen LogP contribution in [0.3, 0.4) is 0 Å². The van der Waals surface area contributed by atoms with Crippen LogP contribution in [-0.4, -0.2) is 11.1 Å². The van der Waals surface area contributed by atoms with Crippen LogP contribution in [0.2, 0.25) is 10.0 Å². The highest BCUT2D eigenvalue weighted by Gasteiger charge is 2.09. The largest absolute Gasteiger partial charge is 0.508 e. The summed E-state index contributed by atoms with van der Waals surface area (Å²) in [5, 5.41) is 10.2. The molecule has 0 aliphatic rings. The number of benzene rings is 3. The third-order valence-corrected chi connectivity index (χ3v) is 4.41. The highest BCUT2D eigenvalue weighted by Crippen LogP contribution is 2.24. The Kier molecular flexibility index (Phi) is 5.27. The van der Waals surface area contributed by atoms with Crippen LogP contribution in [0.5, 0.6) is 5.75 Å². The van der Waals surface area contributed by atoms with E-state index in [0.29, 0.717) is 15.6 Å². The van der Waals surface area contributed by atoms with Gasteiger partial charge in [0.2, 0.25) is 0 Å². The fourth-order valence-electron chi connectivity index (χ4n) is 2.31. The van der Waals surface area contributed by atoms with Gasteiger partial charge in [-0.2, -0.15) is 0 Å². The molecule has 0 aliphatic carbocycles. The second-order valence-electron chi connectivity index (χ2n) is 5.45. The first kappa shape index (κ1) is 17.3. The lowest BCUT2D eigenvalue weighted by Crippen LogP contribution is -2.05. The lowest BCUT2D eigenvalue weighted by atomic mass is 10.0. The first-order chi connectivity index (χ1) is 12.0. The number of hydrogen-bond acceptors (Lipinski definition) is 3. The molecule has 3 nitrogen and oxygen atoms in total. The summed E-state index contributed by atoms with van der Waals surface area (Å²) in [6, 6.07) is 19.0. The predicted octanol–water partition coefficient (Wildman–Crippen LogP) is 5.72. The van der Waals surface area contributed by atoms with Crippen LogP contribution in [0, 0.1) is 0 Å². The maximum atomic E-state index is 12.1. The second-order valence-corrected chi connectivity index (χ2v) is 6.26. The number of carbonyl (C=O) groups is 1. The summed E-state index contributed by atoms with van der Waals surface area (Å²) < 4.78 is 5.30. The summed E-state index contributed by atoms with van der Waals surface area (Å²) in [5.41, 5.74) is 3.13. The van der Waals surface area contributed by atoms with Gasteiger partial charge in [0.15, 0.2) is 0 Å². The highest BCUT2D eigenvalue weighted by molar-refractivity contribution is 6.42. The van der Waals surface area contributed by atoms with Crippen LogP contribution >= 0.6 is 23.2 Å². The summed E-state index contributed by atoms with van der Waals surface area (Å²) in [7, 11) is 0. The van der Waals surface area contributed by atoms with E-state index in [4.69, 9.17) is 27.9 Å². The second kappa shape index (κ2) is 7.60. The third kappa shape index (κ3) is 4.32. The maximum Gasteiger partial charge on any atom is 0.338 e. The monoisotopic (exact) mass is 372 g/mol. The van der Waals surface area contributed by atoms with Gasteiger partial charge in [-0.05, 0) is 53.1 Å². The van der Waals surface area contributed by atoms with Crippen molar-refractivity contribution in [3.8, 4) is 16.9 Å². The van der Waals surface area contributed by atoms with E-state index in [0.717, 1.165) is 16.7 Å². The summed E-state index contributed by atoms with van der Waals surface area (Å²) in [5.74, 6) is -0.199. The molecule has 0 spiro atoms. The summed E-state index contributed by atoms with van der Waals surface area (Å²) in [6.45, 7) is 0.120. The first-order valence-corrected chi connectivity index (χ1v) is 8.29. The van der Waals surface area contributed by atoms with E-state index in [9.17, 15) is 9.90 Å². The molecule has 0 amide bonds. The Balaban J connectivity index is 1.66. The standard InChI is InChI=1S/C20H14Cl2O3/c21-18-10-1-13(11-19(18)22)12-25-20(24)16-4-2-14(3-5-16)15-6-8-17(23)9-7-15/h1-11,23H,12H2. The molecule has 1 N–H and O–H groups in total. The van der Waals surface area contributed by atoms with Gasteiger partial charge in [-0.1, -0.05) is 53.5 Å². The lowest BCUT2D eigenvalue weighted by molar-refractivity contribution is 0.0473. The highest BCUT2D eigenvalue weighted by atomic mass is 35.5. The zero-order chi connectivity index (χ0) is 17.8. The normalized spacial score (nSPS) is 10.5. The molecule has 3 aromatic carbocycles. The van der Waals surface area contributed by atoms with Crippen molar-refractivity contribution in [1.29, 1.82) is 0 Å². The Morgan fingerprint density at radius 3 is 2.04 bits per heavy atom. The van der Waals surface area contributed by atoms with Crippen molar-refractivity contribution < 1.29 is 14.6 Å². The third-order valence-electron chi connectivity index (χ3n) is 3.68. The van der Waals surface area contributed by atoms with Gasteiger partial charge in [-0.3, -0.25) is 0 Å². The summed E-state index contributed by atoms with van der Waals surface area (Å²) in [6.07, 6.45) is 0. The van der Waals surface area contributed by atoms with Crippen molar-refractivity contribution in [3.05, 3.63) is 87.9 Å². The molecular formula is C20H14Cl2O3. The Morgan fingerprint density at radius 1 is 0.840 bits per heavy atom. The SMILES string of the molecule is O=C(OCc1ccc(Cl)c(Cl)c1)c1ccc(-c2ccc(O)cc2)cc1. The Morgan fingerprint density at radius 2 is 1.44 bits per heavy atom. The van der Waals surface area contributed by atoms with Crippen LogP contribution in [0.1, 0.15) is 15.9 Å². The number of ether oxygens (including phenoxy) is 1. The van der Waals surface area contributed by atoms with E-state index in [-0.39, 0.29) is 12.4 Å². The lowest BCUT2D eigenvalue weighted by Gasteiger charge is -2.07. The van der Waals surface area contributed by atoms with Crippen LogP contribution in [-0.2, 0) is 11.3 Å². The van der Waals surface area contributed by atoms with Gasteiger partial charge in [0.1, 0.15) is 12.4 Å². The van der Waals surface area contributed by atoms with E-state index in [2.05, 4.69) is 0 Å². The Labute approximate surface area is 155 Å². The van der Waals surface area contributed by atoms with E-state index < -0.39 is 5.97 Å². The number of hydrogen-bond donors (Lipinski definition) is 1. The minimum Gasteiger partial charge on any atom is -0.508 e. The molecule has 0 aliphatic heterocycles.